The van der Waals surface area contributed by atoms with Crippen LogP contribution in [0.1, 0.15) is 25.7 Å². The molecule has 0 aliphatic rings. The zero-order chi connectivity index (χ0) is 10.9. The molecule has 3 nitrogen and oxygen atoms in total. The van der Waals surface area contributed by atoms with Crippen molar-refractivity contribution in [1.82, 2.24) is 5.32 Å². The van der Waals surface area contributed by atoms with Crippen LogP contribution in [0, 0.1) is 0 Å². The second-order valence-corrected chi connectivity index (χ2v) is 6.82. The van der Waals surface area contributed by atoms with Gasteiger partial charge in [-0.3, -0.25) is 0 Å². The summed E-state index contributed by atoms with van der Waals surface area (Å²) < 4.78 is 22.8. The minimum Gasteiger partial charge on any atom is -0.317 e. The van der Waals surface area contributed by atoms with Crippen molar-refractivity contribution in [3.05, 3.63) is 0 Å². The van der Waals surface area contributed by atoms with Crippen molar-refractivity contribution >= 4 is 32.4 Å². The van der Waals surface area contributed by atoms with Gasteiger partial charge in [-0.25, -0.2) is 8.42 Å². The number of alkyl halides is 1. The topological polar surface area (TPSA) is 46.2 Å². The van der Waals surface area contributed by atoms with Gasteiger partial charge in [0.25, 0.3) is 0 Å². The molecule has 0 aromatic rings. The molecule has 0 aliphatic carbocycles. The Balaban J connectivity index is 3.07. The van der Waals surface area contributed by atoms with Crippen molar-refractivity contribution < 1.29 is 8.42 Å². The van der Waals surface area contributed by atoms with Gasteiger partial charge in [0.1, 0.15) is 9.84 Å². The number of hydrogen-bond donors (Lipinski definition) is 1. The van der Waals surface area contributed by atoms with Crippen LogP contribution in [0.3, 0.4) is 0 Å². The lowest BCUT2D eigenvalue weighted by Gasteiger charge is -2.03. The first-order chi connectivity index (χ1) is 6.56. The zero-order valence-corrected chi connectivity index (χ0v) is 11.7. The van der Waals surface area contributed by atoms with Gasteiger partial charge < -0.3 is 5.32 Å². The predicted octanol–water partition coefficient (Wildman–Crippen LogP) is 1.62. The summed E-state index contributed by atoms with van der Waals surface area (Å²) in [6.45, 7) is 1.83. The number of unbranched alkanes of at least 4 members (excludes halogenated alkanes) is 2. The maximum atomic E-state index is 10.8. The van der Waals surface area contributed by atoms with E-state index in [0.29, 0.717) is 5.75 Å². The Kier molecular flexibility index (Phi) is 9.32. The molecule has 0 fully saturated rings. The first kappa shape index (κ1) is 14.6. The summed E-state index contributed by atoms with van der Waals surface area (Å²) in [5.41, 5.74) is 0. The molecule has 0 rings (SSSR count). The lowest BCUT2D eigenvalue weighted by molar-refractivity contribution is 0.588. The van der Waals surface area contributed by atoms with Gasteiger partial charge in [0, 0.05) is 6.26 Å². The summed E-state index contributed by atoms with van der Waals surface area (Å²) in [6, 6.07) is 0. The third-order valence-corrected chi connectivity index (χ3v) is 3.65. The highest BCUT2D eigenvalue weighted by Gasteiger charge is 1.99. The molecule has 0 unspecified atom stereocenters. The Bertz CT molecular complexity index is 217. The molecular weight excluding hydrogens is 313 g/mol. The van der Waals surface area contributed by atoms with Crippen molar-refractivity contribution in [1.29, 1.82) is 0 Å². The third kappa shape index (κ3) is 12.6. The standard InChI is InChI=1S/C9H20INO2S/c1-14(12,13)9-5-8-11-7-4-2-3-6-10/h11H,2-9H2,1H3. The second-order valence-electron chi connectivity index (χ2n) is 3.48. The van der Waals surface area contributed by atoms with Gasteiger partial charge in [-0.15, -0.1) is 0 Å². The van der Waals surface area contributed by atoms with E-state index in [1.165, 1.54) is 29.9 Å². The fourth-order valence-electron chi connectivity index (χ4n) is 1.11. The van der Waals surface area contributed by atoms with Gasteiger partial charge in [0.2, 0.25) is 0 Å². The Morgan fingerprint density at radius 2 is 1.71 bits per heavy atom. The van der Waals surface area contributed by atoms with E-state index in [4.69, 9.17) is 0 Å². The van der Waals surface area contributed by atoms with Gasteiger partial charge in [0.05, 0.1) is 5.75 Å². The van der Waals surface area contributed by atoms with Crippen molar-refractivity contribution in [2.24, 2.45) is 0 Å². The van der Waals surface area contributed by atoms with E-state index in [9.17, 15) is 8.42 Å². The van der Waals surface area contributed by atoms with E-state index >= 15 is 0 Å². The maximum absolute atomic E-state index is 10.8. The molecule has 0 amide bonds. The molecule has 0 atom stereocenters. The molecule has 0 saturated carbocycles. The number of sulfone groups is 1. The van der Waals surface area contributed by atoms with Crippen LogP contribution in [0.5, 0.6) is 0 Å². The summed E-state index contributed by atoms with van der Waals surface area (Å²) in [6.07, 6.45) is 5.76. The largest absolute Gasteiger partial charge is 0.317 e. The summed E-state index contributed by atoms with van der Waals surface area (Å²) in [7, 11) is -2.77. The molecule has 86 valence electrons. The minimum atomic E-state index is -2.77. The molecule has 0 saturated heterocycles. The highest BCUT2D eigenvalue weighted by atomic mass is 127. The van der Waals surface area contributed by atoms with Gasteiger partial charge in [-0.2, -0.15) is 0 Å². The molecule has 14 heavy (non-hydrogen) atoms. The first-order valence-corrected chi connectivity index (χ1v) is 8.59. The number of nitrogens with one attached hydrogen (secondary N) is 1. The maximum Gasteiger partial charge on any atom is 0.147 e. The van der Waals surface area contributed by atoms with Crippen molar-refractivity contribution in [3.63, 3.8) is 0 Å². The Morgan fingerprint density at radius 3 is 2.29 bits per heavy atom. The van der Waals surface area contributed by atoms with Gasteiger partial charge in [0.15, 0.2) is 0 Å². The van der Waals surface area contributed by atoms with Crippen molar-refractivity contribution in [2.45, 2.75) is 25.7 Å². The molecule has 1 N–H and O–H groups in total. The van der Waals surface area contributed by atoms with Crippen LogP contribution in [-0.4, -0.2) is 37.9 Å². The summed E-state index contributed by atoms with van der Waals surface area (Å²) in [5.74, 6) is 0.299. The molecule has 0 radical (unpaired) electrons. The lowest BCUT2D eigenvalue weighted by atomic mass is 10.2. The minimum absolute atomic E-state index is 0.299. The van der Waals surface area contributed by atoms with E-state index in [0.717, 1.165) is 19.5 Å². The number of hydrogen-bond acceptors (Lipinski definition) is 3. The normalized spacial score (nSPS) is 11.9. The number of rotatable bonds is 9. The van der Waals surface area contributed by atoms with Crippen LogP contribution >= 0.6 is 22.6 Å². The quantitative estimate of drug-likeness (QED) is 0.396. The predicted molar refractivity (Wildman–Crippen MR) is 69.9 cm³/mol. The van der Waals surface area contributed by atoms with Crippen molar-refractivity contribution in [2.75, 3.05) is 29.5 Å². The Labute approximate surface area is 101 Å². The summed E-state index contributed by atoms with van der Waals surface area (Å²) >= 11 is 2.38. The smallest absolute Gasteiger partial charge is 0.147 e. The lowest BCUT2D eigenvalue weighted by Crippen LogP contribution is -2.19. The number of halogens is 1. The van der Waals surface area contributed by atoms with Gasteiger partial charge in [-0.05, 0) is 36.8 Å². The molecule has 0 aromatic heterocycles. The van der Waals surface area contributed by atoms with E-state index in [2.05, 4.69) is 27.9 Å². The zero-order valence-electron chi connectivity index (χ0n) is 8.76. The first-order valence-electron chi connectivity index (χ1n) is 5.00. The molecule has 0 aromatic carbocycles. The van der Waals surface area contributed by atoms with Crippen LogP contribution in [0.25, 0.3) is 0 Å². The third-order valence-electron chi connectivity index (χ3n) is 1.86. The van der Waals surface area contributed by atoms with Gasteiger partial charge in [-0.1, -0.05) is 29.0 Å². The Hall–Kier alpha value is 0.640. The Morgan fingerprint density at radius 1 is 1.07 bits per heavy atom. The molecule has 0 aliphatic heterocycles. The van der Waals surface area contributed by atoms with E-state index in [-0.39, 0.29) is 0 Å². The van der Waals surface area contributed by atoms with E-state index in [1.807, 2.05) is 0 Å². The van der Waals surface area contributed by atoms with Crippen LogP contribution in [0.4, 0.5) is 0 Å². The van der Waals surface area contributed by atoms with Crippen molar-refractivity contribution in [3.8, 4) is 0 Å². The van der Waals surface area contributed by atoms with E-state index in [1.54, 1.807) is 0 Å². The summed E-state index contributed by atoms with van der Waals surface area (Å²) in [4.78, 5) is 0. The monoisotopic (exact) mass is 333 g/mol. The SMILES string of the molecule is CS(=O)(=O)CCCNCCCCCI. The van der Waals surface area contributed by atoms with Gasteiger partial charge >= 0.3 is 0 Å². The van der Waals surface area contributed by atoms with Crippen LogP contribution in [0.2, 0.25) is 0 Å². The molecule has 0 spiro atoms. The average Bonchev–Trinajstić information content (AvgIpc) is 2.08. The fraction of sp³-hybridized carbons (Fsp3) is 1.00. The molecule has 5 heteroatoms. The van der Waals surface area contributed by atoms with Crippen LogP contribution in [0.15, 0.2) is 0 Å². The van der Waals surface area contributed by atoms with Crippen LogP contribution in [-0.2, 0) is 9.84 Å². The fourth-order valence-corrected chi connectivity index (χ4v) is 2.31. The average molecular weight is 333 g/mol. The summed E-state index contributed by atoms with van der Waals surface area (Å²) in [5, 5.41) is 3.25. The highest BCUT2D eigenvalue weighted by molar-refractivity contribution is 14.1. The highest BCUT2D eigenvalue weighted by Crippen LogP contribution is 1.97. The molecule has 0 bridgehead atoms. The molecular formula is C9H20INO2S. The molecule has 0 heterocycles. The van der Waals surface area contributed by atoms with E-state index < -0.39 is 9.84 Å². The second kappa shape index (κ2) is 8.91. The van der Waals surface area contributed by atoms with Crippen LogP contribution < -0.4 is 5.32 Å².